The van der Waals surface area contributed by atoms with Gasteiger partial charge in [-0.25, -0.2) is 4.79 Å². The summed E-state index contributed by atoms with van der Waals surface area (Å²) < 4.78 is 7.47. The van der Waals surface area contributed by atoms with E-state index in [1.54, 1.807) is 31.0 Å². The van der Waals surface area contributed by atoms with Gasteiger partial charge in [-0.15, -0.1) is 0 Å². The second-order valence-electron chi connectivity index (χ2n) is 7.61. The molecule has 0 bridgehead atoms. The molecule has 2 heterocycles. The largest absolute Gasteiger partial charge is 0.352 e. The van der Waals surface area contributed by atoms with Crippen molar-refractivity contribution in [2.24, 2.45) is 0 Å². The van der Waals surface area contributed by atoms with Crippen molar-refractivity contribution in [3.05, 3.63) is 56.6 Å². The van der Waals surface area contributed by atoms with E-state index in [0.717, 1.165) is 27.7 Å². The third kappa shape index (κ3) is 5.01. The minimum atomic E-state index is -0.594. The molecule has 2 aromatic heterocycles. The maximum Gasteiger partial charge on any atom is 0.352 e. The number of rotatable bonds is 9. The van der Waals surface area contributed by atoms with E-state index in [1.165, 1.54) is 0 Å². The van der Waals surface area contributed by atoms with Crippen LogP contribution in [0.15, 0.2) is 38.4 Å². The average Bonchev–Trinajstić information content (AvgIpc) is 3.26. The molecule has 0 N–H and O–H groups in total. The van der Waals surface area contributed by atoms with Gasteiger partial charge in [0, 0.05) is 33.0 Å². The Kier molecular flexibility index (Phi) is 7.34. The monoisotopic (exact) mass is 440 g/mol. The number of benzene rings is 1. The van der Waals surface area contributed by atoms with E-state index in [1.807, 2.05) is 19.1 Å². The maximum absolute atomic E-state index is 12.8. The van der Waals surface area contributed by atoms with E-state index in [4.69, 9.17) is 4.52 Å². The molecular weight excluding hydrogens is 412 g/mol. The van der Waals surface area contributed by atoms with Crippen molar-refractivity contribution >= 4 is 5.91 Å². The molecule has 3 aromatic rings. The summed E-state index contributed by atoms with van der Waals surface area (Å²) in [5.41, 5.74) is 0.323. The van der Waals surface area contributed by atoms with Gasteiger partial charge in [-0.05, 0) is 32.4 Å². The Balaban J connectivity index is 1.88. The minimum Gasteiger partial charge on any atom is -0.346 e. The number of aromatic nitrogens is 5. The van der Waals surface area contributed by atoms with Crippen LogP contribution in [0.1, 0.15) is 44.6 Å². The fourth-order valence-corrected chi connectivity index (χ4v) is 3.17. The summed E-state index contributed by atoms with van der Waals surface area (Å²) in [6.07, 6.45) is 2.43. The van der Waals surface area contributed by atoms with Crippen LogP contribution in [0.5, 0.6) is 0 Å². The zero-order valence-corrected chi connectivity index (χ0v) is 18.9. The Bertz CT molecular complexity index is 1190. The van der Waals surface area contributed by atoms with E-state index in [9.17, 15) is 14.4 Å². The Morgan fingerprint density at radius 2 is 1.88 bits per heavy atom. The van der Waals surface area contributed by atoms with Gasteiger partial charge in [0.05, 0.1) is 5.69 Å². The van der Waals surface area contributed by atoms with Crippen LogP contribution in [0.4, 0.5) is 0 Å². The van der Waals surface area contributed by atoms with Crippen molar-refractivity contribution in [1.29, 1.82) is 0 Å². The van der Waals surface area contributed by atoms with E-state index < -0.39 is 11.2 Å². The Labute approximate surface area is 185 Å². The highest BCUT2D eigenvalue weighted by Gasteiger charge is 2.20. The maximum atomic E-state index is 12.8. The van der Waals surface area contributed by atoms with Crippen molar-refractivity contribution in [3.63, 3.8) is 0 Å². The van der Waals surface area contributed by atoms with Crippen LogP contribution in [-0.4, -0.2) is 48.9 Å². The van der Waals surface area contributed by atoms with Gasteiger partial charge in [0.2, 0.25) is 17.6 Å². The normalized spacial score (nSPS) is 11.0. The predicted molar refractivity (Wildman–Crippen MR) is 119 cm³/mol. The average molecular weight is 441 g/mol. The van der Waals surface area contributed by atoms with Gasteiger partial charge in [0.1, 0.15) is 0 Å². The lowest BCUT2D eigenvalue weighted by atomic mass is 10.2. The first kappa shape index (κ1) is 23.1. The number of unbranched alkanes of at least 4 members (excludes halogenated alkanes) is 1. The van der Waals surface area contributed by atoms with Crippen LogP contribution in [0.25, 0.3) is 17.2 Å². The third-order valence-corrected chi connectivity index (χ3v) is 5.16. The first-order valence-electron chi connectivity index (χ1n) is 10.7. The predicted octanol–water partition coefficient (Wildman–Crippen LogP) is 1.96. The molecule has 0 spiro atoms. The molecule has 0 saturated carbocycles. The molecule has 0 aliphatic heterocycles. The number of carbonyl (C=O) groups excluding carboxylic acids is 1. The van der Waals surface area contributed by atoms with E-state index in [0.29, 0.717) is 12.2 Å². The molecule has 0 saturated heterocycles. The molecule has 32 heavy (non-hydrogen) atoms. The van der Waals surface area contributed by atoms with Crippen LogP contribution >= 0.6 is 0 Å². The molecule has 0 fully saturated rings. The first-order chi connectivity index (χ1) is 15.3. The molecular formula is C22H28N6O4. The van der Waals surface area contributed by atoms with Gasteiger partial charge in [-0.2, -0.15) is 14.8 Å². The zero-order chi connectivity index (χ0) is 23.3. The first-order valence-corrected chi connectivity index (χ1v) is 10.7. The molecule has 0 unspecified atom stereocenters. The summed E-state index contributed by atoms with van der Waals surface area (Å²) in [5, 5.41) is 8.10. The summed E-state index contributed by atoms with van der Waals surface area (Å²) in [6, 6.07) is 7.21. The molecule has 10 heteroatoms. The molecule has 3 rings (SSSR count). The summed E-state index contributed by atoms with van der Waals surface area (Å²) >= 11 is 0. The van der Waals surface area contributed by atoms with Gasteiger partial charge in [-0.3, -0.25) is 14.2 Å². The number of carbonyl (C=O) groups is 1. The highest BCUT2D eigenvalue weighted by molar-refractivity contribution is 5.76. The van der Waals surface area contributed by atoms with Gasteiger partial charge in [0.25, 0.3) is 5.56 Å². The fraction of sp³-hybridized carbons (Fsp3) is 0.455. The lowest BCUT2D eigenvalue weighted by Crippen LogP contribution is -2.41. The van der Waals surface area contributed by atoms with Gasteiger partial charge in [0.15, 0.2) is 5.69 Å². The Hall–Kier alpha value is -3.56. The highest BCUT2D eigenvalue weighted by Crippen LogP contribution is 2.12. The topological polar surface area (TPSA) is 116 Å². The summed E-state index contributed by atoms with van der Waals surface area (Å²) in [4.78, 5) is 43.8. The second-order valence-corrected chi connectivity index (χ2v) is 7.61. The Morgan fingerprint density at radius 3 is 2.53 bits per heavy atom. The molecule has 1 aromatic carbocycles. The number of hydrogen-bond donors (Lipinski definition) is 0. The lowest BCUT2D eigenvalue weighted by Gasteiger charge is -2.15. The number of amides is 1. The lowest BCUT2D eigenvalue weighted by molar-refractivity contribution is -0.130. The van der Waals surface area contributed by atoms with Crippen LogP contribution in [-0.2, 0) is 17.8 Å². The van der Waals surface area contributed by atoms with Gasteiger partial charge < -0.3 is 9.42 Å². The van der Waals surface area contributed by atoms with Crippen molar-refractivity contribution in [2.45, 2.75) is 53.0 Å². The molecule has 10 nitrogen and oxygen atoms in total. The van der Waals surface area contributed by atoms with Crippen LogP contribution in [0.3, 0.4) is 0 Å². The quantitative estimate of drug-likeness (QED) is 0.499. The summed E-state index contributed by atoms with van der Waals surface area (Å²) in [6.45, 7) is 6.58. The fourth-order valence-electron chi connectivity index (χ4n) is 3.17. The van der Waals surface area contributed by atoms with Crippen molar-refractivity contribution in [3.8, 4) is 17.2 Å². The van der Waals surface area contributed by atoms with E-state index in [-0.39, 0.29) is 42.7 Å². The van der Waals surface area contributed by atoms with Gasteiger partial charge >= 0.3 is 5.69 Å². The Morgan fingerprint density at radius 1 is 1.16 bits per heavy atom. The number of hydrogen-bond acceptors (Lipinski definition) is 7. The van der Waals surface area contributed by atoms with E-state index >= 15 is 0 Å². The molecule has 170 valence electrons. The second kappa shape index (κ2) is 10.2. The minimum absolute atomic E-state index is 0.0140. The van der Waals surface area contributed by atoms with Crippen LogP contribution < -0.4 is 11.2 Å². The summed E-state index contributed by atoms with van der Waals surface area (Å²) in [7, 11) is 1.77. The molecule has 0 aliphatic carbocycles. The number of nitrogens with zero attached hydrogens (tertiary/aromatic N) is 6. The van der Waals surface area contributed by atoms with Crippen molar-refractivity contribution < 1.29 is 9.32 Å². The van der Waals surface area contributed by atoms with E-state index in [2.05, 4.69) is 22.2 Å². The highest BCUT2D eigenvalue weighted by atomic mass is 16.5. The smallest absolute Gasteiger partial charge is 0.346 e. The standard InChI is InChI=1S/C22H28N6O4/c1-5-7-14-26(4)18(29)13-12-17-23-20(25-32-17)19-21(30)27(6-2)22(31)28(24-19)16-10-8-15(3)9-11-16/h8-11H,5-7,12-14H2,1-4H3. The third-order valence-electron chi connectivity index (χ3n) is 5.16. The molecule has 1 amide bonds. The SMILES string of the molecule is CCCCN(C)C(=O)CCc1nc(-c2nn(-c3ccc(C)cc3)c(=O)n(CC)c2=O)no1. The summed E-state index contributed by atoms with van der Waals surface area (Å²) in [5.74, 6) is 0.201. The molecule has 0 aliphatic rings. The number of aryl methyl sites for hydroxylation is 2. The molecule has 0 radical (unpaired) electrons. The van der Waals surface area contributed by atoms with Crippen molar-refractivity contribution in [2.75, 3.05) is 13.6 Å². The van der Waals surface area contributed by atoms with Crippen LogP contribution in [0, 0.1) is 6.92 Å². The zero-order valence-electron chi connectivity index (χ0n) is 18.9. The van der Waals surface area contributed by atoms with Crippen molar-refractivity contribution in [1.82, 2.24) is 29.4 Å². The molecule has 0 atom stereocenters. The van der Waals surface area contributed by atoms with Crippen LogP contribution in [0.2, 0.25) is 0 Å². The van der Waals surface area contributed by atoms with Gasteiger partial charge in [-0.1, -0.05) is 36.2 Å².